The van der Waals surface area contributed by atoms with Gasteiger partial charge in [-0.15, -0.1) is 0 Å². The molecule has 0 saturated heterocycles. The maximum Gasteiger partial charge on any atom is 0.241 e. The summed E-state index contributed by atoms with van der Waals surface area (Å²) in [4.78, 5) is -0.145. The molecule has 4 N–H and O–H groups in total. The highest BCUT2D eigenvalue weighted by atomic mass is 79.9. The van der Waals surface area contributed by atoms with E-state index in [1.165, 1.54) is 0 Å². The maximum absolute atomic E-state index is 13.1. The van der Waals surface area contributed by atoms with E-state index < -0.39 is 15.8 Å². The van der Waals surface area contributed by atoms with Gasteiger partial charge in [0.25, 0.3) is 0 Å². The van der Waals surface area contributed by atoms with Crippen molar-refractivity contribution < 1.29 is 22.7 Å². The van der Waals surface area contributed by atoms with Gasteiger partial charge in [-0.1, -0.05) is 0 Å². The summed E-state index contributed by atoms with van der Waals surface area (Å²) in [5.41, 5.74) is 5.09. The Bertz CT molecular complexity index is 539. The second-order valence-electron chi connectivity index (χ2n) is 3.54. The Morgan fingerprint density at radius 2 is 2.11 bits per heavy atom. The minimum Gasteiger partial charge on any atom is -0.396 e. The van der Waals surface area contributed by atoms with E-state index in [1.807, 2.05) is 0 Å². The van der Waals surface area contributed by atoms with Crippen LogP contribution >= 0.6 is 15.9 Å². The van der Waals surface area contributed by atoms with Crippen molar-refractivity contribution in [1.29, 1.82) is 0 Å². The number of halogens is 2. The highest BCUT2D eigenvalue weighted by molar-refractivity contribution is 9.10. The standard InChI is InChI=1S/C10H14BrFN2O4S/c11-7-5-8(12)9(13)6-10(7)19(16,17)14-1-3-18-4-2-15/h5-6,14-15H,1-4,13H2. The lowest BCUT2D eigenvalue weighted by Crippen LogP contribution is -2.28. The van der Waals surface area contributed by atoms with Crippen LogP contribution in [-0.2, 0) is 14.8 Å². The molecule has 0 fully saturated rings. The lowest BCUT2D eigenvalue weighted by atomic mass is 10.3. The number of aliphatic hydroxyl groups excluding tert-OH is 1. The second kappa shape index (κ2) is 7.15. The first-order valence-electron chi connectivity index (χ1n) is 5.31. The lowest BCUT2D eigenvalue weighted by molar-refractivity contribution is 0.0961. The molecule has 6 nitrogen and oxygen atoms in total. The predicted octanol–water partition coefficient (Wildman–Crippen LogP) is 0.458. The highest BCUT2D eigenvalue weighted by Gasteiger charge is 2.19. The van der Waals surface area contributed by atoms with Gasteiger partial charge in [0.05, 0.1) is 30.4 Å². The van der Waals surface area contributed by atoms with Gasteiger partial charge in [-0.25, -0.2) is 17.5 Å². The first-order valence-corrected chi connectivity index (χ1v) is 7.59. The molecule has 0 heterocycles. The van der Waals surface area contributed by atoms with Crippen LogP contribution in [0.2, 0.25) is 0 Å². The molecule has 0 atom stereocenters. The van der Waals surface area contributed by atoms with Crippen LogP contribution in [0.4, 0.5) is 10.1 Å². The van der Waals surface area contributed by atoms with Crippen molar-refractivity contribution >= 4 is 31.6 Å². The molecule has 9 heteroatoms. The monoisotopic (exact) mass is 356 g/mol. The first kappa shape index (κ1) is 16.3. The molecule has 1 aromatic rings. The van der Waals surface area contributed by atoms with Crippen LogP contribution in [0.15, 0.2) is 21.5 Å². The van der Waals surface area contributed by atoms with E-state index in [2.05, 4.69) is 20.7 Å². The Kier molecular flexibility index (Phi) is 6.14. The summed E-state index contributed by atoms with van der Waals surface area (Å²) in [5.74, 6) is -0.697. The smallest absolute Gasteiger partial charge is 0.241 e. The van der Waals surface area contributed by atoms with Crippen molar-refractivity contribution in [3.8, 4) is 0 Å². The van der Waals surface area contributed by atoms with Gasteiger partial charge >= 0.3 is 0 Å². The number of rotatable bonds is 7. The zero-order chi connectivity index (χ0) is 14.5. The van der Waals surface area contributed by atoms with Crippen molar-refractivity contribution in [3.05, 3.63) is 22.4 Å². The van der Waals surface area contributed by atoms with Gasteiger partial charge < -0.3 is 15.6 Å². The average Bonchev–Trinajstić information content (AvgIpc) is 2.33. The molecule has 1 rings (SSSR count). The van der Waals surface area contributed by atoms with E-state index in [0.29, 0.717) is 0 Å². The molecule has 0 amide bonds. The molecule has 0 aliphatic carbocycles. The van der Waals surface area contributed by atoms with Gasteiger partial charge in [0.1, 0.15) is 5.82 Å². The van der Waals surface area contributed by atoms with Crippen molar-refractivity contribution in [2.24, 2.45) is 0 Å². The van der Waals surface area contributed by atoms with Crippen LogP contribution in [0.1, 0.15) is 0 Å². The largest absolute Gasteiger partial charge is 0.396 e. The Morgan fingerprint density at radius 3 is 2.74 bits per heavy atom. The summed E-state index contributed by atoms with van der Waals surface area (Å²) < 4.78 is 44.3. The van der Waals surface area contributed by atoms with Crippen LogP contribution in [0, 0.1) is 5.82 Å². The predicted molar refractivity (Wildman–Crippen MR) is 71.6 cm³/mol. The topological polar surface area (TPSA) is 102 Å². The summed E-state index contributed by atoms with van der Waals surface area (Å²) in [6.07, 6.45) is 0. The number of nitrogens with two attached hydrogens (primary N) is 1. The van der Waals surface area contributed by atoms with Gasteiger partial charge in [-0.3, -0.25) is 0 Å². The van der Waals surface area contributed by atoms with E-state index in [4.69, 9.17) is 15.6 Å². The average molecular weight is 357 g/mol. The molecule has 0 spiro atoms. The number of hydrogen-bond donors (Lipinski definition) is 3. The molecule has 0 unspecified atom stereocenters. The van der Waals surface area contributed by atoms with Gasteiger partial charge in [0.2, 0.25) is 10.0 Å². The Labute approximate surface area is 118 Å². The van der Waals surface area contributed by atoms with Gasteiger partial charge in [0.15, 0.2) is 0 Å². The quantitative estimate of drug-likeness (QED) is 0.486. The molecule has 0 aliphatic heterocycles. The third-order valence-corrected chi connectivity index (χ3v) is 4.53. The van der Waals surface area contributed by atoms with Crippen LogP contribution in [0.3, 0.4) is 0 Å². The minimum absolute atomic E-state index is 0.0338. The molecule has 0 aromatic heterocycles. The first-order chi connectivity index (χ1) is 8.88. The third-order valence-electron chi connectivity index (χ3n) is 2.11. The van der Waals surface area contributed by atoms with E-state index in [1.54, 1.807) is 0 Å². The van der Waals surface area contributed by atoms with E-state index >= 15 is 0 Å². The number of nitrogens with one attached hydrogen (secondary N) is 1. The van der Waals surface area contributed by atoms with Crippen LogP contribution in [0.5, 0.6) is 0 Å². The number of aliphatic hydroxyl groups is 1. The second-order valence-corrected chi connectivity index (χ2v) is 6.13. The van der Waals surface area contributed by atoms with E-state index in [-0.39, 0.29) is 41.4 Å². The van der Waals surface area contributed by atoms with Crippen molar-refractivity contribution in [2.45, 2.75) is 4.90 Å². The highest BCUT2D eigenvalue weighted by Crippen LogP contribution is 2.26. The fourth-order valence-electron chi connectivity index (χ4n) is 1.24. The molecule has 108 valence electrons. The third kappa shape index (κ3) is 4.69. The van der Waals surface area contributed by atoms with Crippen molar-refractivity contribution in [1.82, 2.24) is 4.72 Å². The molecule has 19 heavy (non-hydrogen) atoms. The zero-order valence-corrected chi connectivity index (χ0v) is 12.3. The summed E-state index contributed by atoms with van der Waals surface area (Å²) in [6, 6.07) is 2.03. The molecule has 0 radical (unpaired) electrons. The fourth-order valence-corrected chi connectivity index (χ4v) is 3.30. The number of anilines is 1. The lowest BCUT2D eigenvalue weighted by Gasteiger charge is -2.10. The van der Waals surface area contributed by atoms with Crippen LogP contribution in [0.25, 0.3) is 0 Å². The zero-order valence-electron chi connectivity index (χ0n) is 9.90. The van der Waals surface area contributed by atoms with E-state index in [9.17, 15) is 12.8 Å². The minimum atomic E-state index is -3.80. The SMILES string of the molecule is Nc1cc(S(=O)(=O)NCCOCCO)c(Br)cc1F. The molecular weight excluding hydrogens is 343 g/mol. The normalized spacial score (nSPS) is 11.7. The van der Waals surface area contributed by atoms with Crippen molar-refractivity contribution in [2.75, 3.05) is 32.1 Å². The Balaban J connectivity index is 2.75. The van der Waals surface area contributed by atoms with Crippen LogP contribution < -0.4 is 10.5 Å². The number of ether oxygens (including phenoxy) is 1. The summed E-state index contributed by atoms with van der Waals surface area (Å²) >= 11 is 2.97. The Morgan fingerprint density at radius 1 is 1.42 bits per heavy atom. The van der Waals surface area contributed by atoms with Gasteiger partial charge in [0, 0.05) is 11.0 Å². The number of benzene rings is 1. The molecule has 1 aromatic carbocycles. The van der Waals surface area contributed by atoms with Gasteiger partial charge in [-0.2, -0.15) is 0 Å². The fraction of sp³-hybridized carbons (Fsp3) is 0.400. The van der Waals surface area contributed by atoms with E-state index in [0.717, 1.165) is 12.1 Å². The van der Waals surface area contributed by atoms with Crippen LogP contribution in [-0.4, -0.2) is 39.9 Å². The van der Waals surface area contributed by atoms with Crippen molar-refractivity contribution in [3.63, 3.8) is 0 Å². The number of sulfonamides is 1. The Hall–Kier alpha value is -0.740. The molecular formula is C10H14BrFN2O4S. The molecule has 0 bridgehead atoms. The summed E-state index contributed by atoms with van der Waals surface area (Å²) in [7, 11) is -3.80. The number of hydrogen-bond acceptors (Lipinski definition) is 5. The number of nitrogen functional groups attached to an aromatic ring is 1. The summed E-state index contributed by atoms with van der Waals surface area (Å²) in [5, 5.41) is 8.48. The van der Waals surface area contributed by atoms with Gasteiger partial charge in [-0.05, 0) is 28.1 Å². The summed E-state index contributed by atoms with van der Waals surface area (Å²) in [6.45, 7) is 0.155. The molecule has 0 aliphatic rings. The molecule has 0 saturated carbocycles. The maximum atomic E-state index is 13.1.